The Kier molecular flexibility index (Phi) is 9.33. The van der Waals surface area contributed by atoms with Crippen LogP contribution in [0.2, 0.25) is 0 Å². The lowest BCUT2D eigenvalue weighted by Crippen LogP contribution is -2.56. The van der Waals surface area contributed by atoms with Gasteiger partial charge in [0.15, 0.2) is 5.60 Å². The molecule has 0 amide bonds. The second-order valence-corrected chi connectivity index (χ2v) is 5.94. The van der Waals surface area contributed by atoms with E-state index in [9.17, 15) is 29.4 Å². The van der Waals surface area contributed by atoms with Gasteiger partial charge in [-0.05, 0) is 19.3 Å². The van der Waals surface area contributed by atoms with E-state index in [2.05, 4.69) is 13.2 Å². The quantitative estimate of drug-likeness (QED) is 0.270. The number of carbonyl (C=O) groups excluding carboxylic acids is 2. The minimum Gasteiger partial charge on any atom is -0.481 e. The van der Waals surface area contributed by atoms with Crippen LogP contribution in [0.3, 0.4) is 0 Å². The Balaban J connectivity index is 2.68. The first-order valence-electron chi connectivity index (χ1n) is 8.57. The molecule has 2 N–H and O–H groups in total. The molecule has 1 aliphatic rings. The average Bonchev–Trinajstić information content (AvgIpc) is 2.68. The molecular weight excluding hydrogens is 376 g/mol. The summed E-state index contributed by atoms with van der Waals surface area (Å²) in [5, 5.41) is 19.2. The predicted molar refractivity (Wildman–Crippen MR) is 93.3 cm³/mol. The molecule has 10 nitrogen and oxygen atoms in total. The van der Waals surface area contributed by atoms with Crippen LogP contribution in [0.5, 0.6) is 0 Å². The zero-order chi connectivity index (χ0) is 21.2. The van der Waals surface area contributed by atoms with Crippen LogP contribution in [0.1, 0.15) is 19.3 Å². The summed E-state index contributed by atoms with van der Waals surface area (Å²) in [6.07, 6.45) is 1.46. The van der Waals surface area contributed by atoms with Crippen molar-refractivity contribution < 1.29 is 48.3 Å². The minimum absolute atomic E-state index is 0.0334. The van der Waals surface area contributed by atoms with Crippen LogP contribution >= 0.6 is 0 Å². The van der Waals surface area contributed by atoms with Gasteiger partial charge < -0.3 is 29.2 Å². The van der Waals surface area contributed by atoms with Gasteiger partial charge >= 0.3 is 23.9 Å². The molecule has 0 bridgehead atoms. The molecule has 0 heterocycles. The van der Waals surface area contributed by atoms with Crippen LogP contribution in [0.25, 0.3) is 0 Å². The molecule has 156 valence electrons. The van der Waals surface area contributed by atoms with E-state index >= 15 is 0 Å². The van der Waals surface area contributed by atoms with Crippen LogP contribution in [0.4, 0.5) is 0 Å². The Hall–Kier alpha value is -2.72. The molecule has 0 aromatic heterocycles. The maximum absolute atomic E-state index is 11.8. The van der Waals surface area contributed by atoms with Crippen LogP contribution < -0.4 is 0 Å². The average molecular weight is 400 g/mol. The summed E-state index contributed by atoms with van der Waals surface area (Å²) in [7, 11) is 0. The SMILES string of the molecule is C=CC(=O)OCCOC1CCC(OCCOC(=O)C=C)(C(=O)O)C(C(=O)O)C1. The second-order valence-electron chi connectivity index (χ2n) is 5.94. The van der Waals surface area contributed by atoms with Crippen molar-refractivity contribution in [3.63, 3.8) is 0 Å². The first-order valence-corrected chi connectivity index (χ1v) is 8.57. The van der Waals surface area contributed by atoms with Crippen molar-refractivity contribution in [1.82, 2.24) is 0 Å². The van der Waals surface area contributed by atoms with Crippen LogP contribution in [-0.2, 0) is 38.1 Å². The predicted octanol–water partition coefficient (Wildman–Crippen LogP) is 0.555. The number of carboxylic acids is 2. The Morgan fingerprint density at radius 2 is 1.54 bits per heavy atom. The monoisotopic (exact) mass is 400 g/mol. The summed E-state index contributed by atoms with van der Waals surface area (Å²) < 4.78 is 20.4. The lowest BCUT2D eigenvalue weighted by Gasteiger charge is -2.41. The normalized spacial score (nSPS) is 24.0. The van der Waals surface area contributed by atoms with E-state index in [0.29, 0.717) is 0 Å². The highest BCUT2D eigenvalue weighted by atomic mass is 16.6. The summed E-state index contributed by atoms with van der Waals surface area (Å²) in [6, 6.07) is 0. The summed E-state index contributed by atoms with van der Waals surface area (Å²) in [4.78, 5) is 45.5. The molecule has 0 saturated heterocycles. The van der Waals surface area contributed by atoms with Gasteiger partial charge in [0.25, 0.3) is 0 Å². The number of hydrogen-bond donors (Lipinski definition) is 2. The first-order chi connectivity index (χ1) is 13.3. The van der Waals surface area contributed by atoms with Crippen molar-refractivity contribution in [3.8, 4) is 0 Å². The van der Waals surface area contributed by atoms with Crippen LogP contribution in [0.15, 0.2) is 25.3 Å². The van der Waals surface area contributed by atoms with Crippen molar-refractivity contribution >= 4 is 23.9 Å². The summed E-state index contributed by atoms with van der Waals surface area (Å²) in [5.41, 5.74) is -1.96. The van der Waals surface area contributed by atoms with E-state index in [0.717, 1.165) is 12.2 Å². The van der Waals surface area contributed by atoms with Crippen LogP contribution in [-0.4, -0.2) is 72.2 Å². The Labute approximate surface area is 161 Å². The fourth-order valence-corrected chi connectivity index (χ4v) is 2.90. The largest absolute Gasteiger partial charge is 0.481 e. The summed E-state index contributed by atoms with van der Waals surface area (Å²) in [6.45, 7) is 5.97. The molecule has 3 unspecified atom stereocenters. The standard InChI is InChI=1S/C18H24O10/c1-3-14(19)26-8-7-25-12-5-6-18(17(23)24,13(11-12)16(21)22)28-10-9-27-15(20)4-2/h3-4,12-13H,1-2,5-11H2,(H,21,22)(H,23,24). The van der Waals surface area contributed by atoms with Gasteiger partial charge in [-0.2, -0.15) is 0 Å². The van der Waals surface area contributed by atoms with Gasteiger partial charge in [-0.15, -0.1) is 0 Å². The van der Waals surface area contributed by atoms with Gasteiger partial charge in [0, 0.05) is 12.2 Å². The van der Waals surface area contributed by atoms with Gasteiger partial charge in [0.2, 0.25) is 0 Å². The molecule has 28 heavy (non-hydrogen) atoms. The van der Waals surface area contributed by atoms with Gasteiger partial charge in [0.05, 0.1) is 25.2 Å². The number of hydrogen-bond acceptors (Lipinski definition) is 8. The summed E-state index contributed by atoms with van der Waals surface area (Å²) >= 11 is 0. The highest BCUT2D eigenvalue weighted by molar-refractivity contribution is 5.86. The lowest BCUT2D eigenvalue weighted by atomic mass is 9.73. The van der Waals surface area contributed by atoms with Gasteiger partial charge in [0.1, 0.15) is 13.2 Å². The fourth-order valence-electron chi connectivity index (χ4n) is 2.90. The molecule has 1 fully saturated rings. The molecule has 10 heteroatoms. The molecule has 0 aliphatic heterocycles. The number of aliphatic carboxylic acids is 2. The van der Waals surface area contributed by atoms with E-state index in [1.165, 1.54) is 0 Å². The van der Waals surface area contributed by atoms with Gasteiger partial charge in [-0.25, -0.2) is 14.4 Å². The van der Waals surface area contributed by atoms with Crippen molar-refractivity contribution in [2.45, 2.75) is 31.0 Å². The third-order valence-corrected chi connectivity index (χ3v) is 4.26. The summed E-state index contributed by atoms with van der Waals surface area (Å²) in [5.74, 6) is -5.41. The van der Waals surface area contributed by atoms with E-state index in [1.54, 1.807) is 0 Å². The molecule has 0 radical (unpaired) electrons. The third kappa shape index (κ3) is 6.46. The van der Waals surface area contributed by atoms with Crippen molar-refractivity contribution in [2.24, 2.45) is 5.92 Å². The number of carbonyl (C=O) groups is 4. The number of ether oxygens (including phenoxy) is 4. The van der Waals surface area contributed by atoms with E-state index in [1.807, 2.05) is 0 Å². The first kappa shape index (κ1) is 23.3. The zero-order valence-electron chi connectivity index (χ0n) is 15.3. The topological polar surface area (TPSA) is 146 Å². The Bertz CT molecular complexity index is 613. The molecular formula is C18H24O10. The maximum Gasteiger partial charge on any atom is 0.336 e. The molecule has 3 atom stereocenters. The molecule has 0 aromatic rings. The maximum atomic E-state index is 11.8. The second kappa shape index (κ2) is 11.2. The Morgan fingerprint density at radius 1 is 0.964 bits per heavy atom. The van der Waals surface area contributed by atoms with Crippen LogP contribution in [0, 0.1) is 5.92 Å². The van der Waals surface area contributed by atoms with E-state index in [4.69, 9.17) is 18.9 Å². The highest BCUT2D eigenvalue weighted by Crippen LogP contribution is 2.39. The number of esters is 2. The van der Waals surface area contributed by atoms with E-state index < -0.39 is 41.5 Å². The molecule has 1 rings (SSSR count). The molecule has 0 spiro atoms. The Morgan fingerprint density at radius 3 is 2.04 bits per heavy atom. The smallest absolute Gasteiger partial charge is 0.336 e. The zero-order valence-corrected chi connectivity index (χ0v) is 15.3. The van der Waals surface area contributed by atoms with Crippen molar-refractivity contribution in [1.29, 1.82) is 0 Å². The molecule has 1 saturated carbocycles. The lowest BCUT2D eigenvalue weighted by molar-refractivity contribution is -0.198. The number of carboxylic acid groups (broad SMARTS) is 2. The van der Waals surface area contributed by atoms with Gasteiger partial charge in [-0.1, -0.05) is 13.2 Å². The number of rotatable bonds is 12. The molecule has 0 aromatic carbocycles. The third-order valence-electron chi connectivity index (χ3n) is 4.26. The minimum atomic E-state index is -1.96. The highest BCUT2D eigenvalue weighted by Gasteiger charge is 2.54. The van der Waals surface area contributed by atoms with Crippen molar-refractivity contribution in [3.05, 3.63) is 25.3 Å². The fraction of sp³-hybridized carbons (Fsp3) is 0.556. The van der Waals surface area contributed by atoms with E-state index in [-0.39, 0.29) is 45.7 Å². The molecule has 1 aliphatic carbocycles. The van der Waals surface area contributed by atoms with Crippen molar-refractivity contribution in [2.75, 3.05) is 26.4 Å². The van der Waals surface area contributed by atoms with Gasteiger partial charge in [-0.3, -0.25) is 4.79 Å².